The van der Waals surface area contributed by atoms with Crippen molar-refractivity contribution in [3.63, 3.8) is 0 Å². The van der Waals surface area contributed by atoms with E-state index in [4.69, 9.17) is 0 Å². The monoisotopic (exact) mass is 325 g/mol. The Hall–Kier alpha value is -1.50. The molecule has 0 fully saturated rings. The first-order chi connectivity index (χ1) is 10.3. The van der Waals surface area contributed by atoms with Crippen molar-refractivity contribution >= 4 is 27.3 Å². The highest BCUT2D eigenvalue weighted by atomic mass is 32.1. The quantitative estimate of drug-likeness (QED) is 0.887. The molecule has 0 aliphatic carbocycles. The van der Waals surface area contributed by atoms with Gasteiger partial charge in [-0.2, -0.15) is 0 Å². The number of carbonyl (C=O) groups excluding carboxylic acids is 1. The molecule has 120 valence electrons. The largest absolute Gasteiger partial charge is 0.396 e. The van der Waals surface area contributed by atoms with E-state index in [2.05, 4.69) is 0 Å². The van der Waals surface area contributed by atoms with Crippen LogP contribution in [0.1, 0.15) is 22.2 Å². The Morgan fingerprint density at radius 3 is 2.55 bits per heavy atom. The van der Waals surface area contributed by atoms with E-state index in [0.29, 0.717) is 15.8 Å². The molecule has 1 amide bonds. The molecule has 2 aromatic rings. The number of aliphatic hydroxyl groups is 2. The van der Waals surface area contributed by atoms with Gasteiger partial charge >= 0.3 is 0 Å². The van der Waals surface area contributed by atoms with Crippen LogP contribution in [0.25, 0.3) is 10.1 Å². The molecule has 22 heavy (non-hydrogen) atoms. The standard InChI is InChI=1S/C16H20FNO3S/c1-10-13-11(17)5-4-6-12(13)22-14(10)15(21)18(3)7-16(2,8-19)9-20/h4-6,19-20H,7-9H2,1-3H3. The SMILES string of the molecule is Cc1c(C(=O)N(C)CC(C)(CO)CO)sc2cccc(F)c12. The van der Waals surface area contributed by atoms with Crippen LogP contribution in [0.15, 0.2) is 18.2 Å². The lowest BCUT2D eigenvalue weighted by atomic mass is 9.92. The molecule has 1 aromatic carbocycles. The van der Waals surface area contributed by atoms with E-state index in [1.807, 2.05) is 0 Å². The van der Waals surface area contributed by atoms with Crippen LogP contribution in [0, 0.1) is 18.2 Å². The third-order valence-corrected chi connectivity index (χ3v) is 5.07. The minimum atomic E-state index is -0.764. The molecule has 1 heterocycles. The number of benzene rings is 1. The van der Waals surface area contributed by atoms with Crippen molar-refractivity contribution in [1.82, 2.24) is 4.90 Å². The van der Waals surface area contributed by atoms with Gasteiger partial charge in [0.1, 0.15) is 5.82 Å². The van der Waals surface area contributed by atoms with Crippen molar-refractivity contribution < 1.29 is 19.4 Å². The number of halogens is 1. The van der Waals surface area contributed by atoms with Crippen molar-refractivity contribution in [2.75, 3.05) is 26.8 Å². The second kappa shape index (κ2) is 6.32. The summed E-state index contributed by atoms with van der Waals surface area (Å²) >= 11 is 1.26. The van der Waals surface area contributed by atoms with Crippen LogP contribution in [-0.4, -0.2) is 47.8 Å². The number of thiophene rings is 1. The summed E-state index contributed by atoms with van der Waals surface area (Å²) in [6.45, 7) is 3.21. The molecule has 0 bridgehead atoms. The molecular weight excluding hydrogens is 305 g/mol. The van der Waals surface area contributed by atoms with Gasteiger partial charge in [-0.05, 0) is 24.6 Å². The van der Waals surface area contributed by atoms with Crippen LogP contribution in [0.4, 0.5) is 4.39 Å². The van der Waals surface area contributed by atoms with Gasteiger partial charge in [-0.25, -0.2) is 4.39 Å². The van der Waals surface area contributed by atoms with Gasteiger partial charge in [-0.15, -0.1) is 11.3 Å². The summed E-state index contributed by atoms with van der Waals surface area (Å²) in [6, 6.07) is 4.80. The molecule has 2 rings (SSSR count). The Bertz CT molecular complexity index is 694. The number of hydrogen-bond donors (Lipinski definition) is 2. The number of amides is 1. The molecule has 4 nitrogen and oxygen atoms in total. The lowest BCUT2D eigenvalue weighted by Gasteiger charge is -2.30. The number of carbonyl (C=O) groups is 1. The van der Waals surface area contributed by atoms with Crippen molar-refractivity contribution in [2.45, 2.75) is 13.8 Å². The maximum Gasteiger partial charge on any atom is 0.264 e. The number of aliphatic hydroxyl groups excluding tert-OH is 2. The van der Waals surface area contributed by atoms with Crippen LogP contribution in [0.2, 0.25) is 0 Å². The zero-order valence-electron chi connectivity index (χ0n) is 12.9. The second-order valence-electron chi connectivity index (χ2n) is 5.96. The van der Waals surface area contributed by atoms with E-state index in [1.165, 1.54) is 22.3 Å². The predicted molar refractivity (Wildman–Crippen MR) is 85.8 cm³/mol. The third-order valence-electron chi connectivity index (χ3n) is 3.83. The van der Waals surface area contributed by atoms with Crippen LogP contribution >= 0.6 is 11.3 Å². The Labute approximate surface area is 132 Å². The maximum atomic E-state index is 13.9. The molecular formula is C16H20FNO3S. The number of fused-ring (bicyclic) bond motifs is 1. The van der Waals surface area contributed by atoms with Crippen LogP contribution in [0.5, 0.6) is 0 Å². The second-order valence-corrected chi connectivity index (χ2v) is 7.01. The molecule has 6 heteroatoms. The average Bonchev–Trinajstić information content (AvgIpc) is 2.84. The van der Waals surface area contributed by atoms with Crippen molar-refractivity contribution in [2.24, 2.45) is 5.41 Å². The van der Waals surface area contributed by atoms with E-state index in [0.717, 1.165) is 4.70 Å². The summed E-state index contributed by atoms with van der Waals surface area (Å²) in [4.78, 5) is 14.6. The molecule has 0 aliphatic rings. The summed E-state index contributed by atoms with van der Waals surface area (Å²) in [5.74, 6) is -0.560. The minimum Gasteiger partial charge on any atom is -0.396 e. The normalized spacial score (nSPS) is 11.9. The first-order valence-corrected chi connectivity index (χ1v) is 7.79. The van der Waals surface area contributed by atoms with E-state index in [9.17, 15) is 19.4 Å². The molecule has 0 saturated carbocycles. The fourth-order valence-electron chi connectivity index (χ4n) is 2.43. The molecule has 0 radical (unpaired) electrons. The Kier molecular flexibility index (Phi) is 4.84. The van der Waals surface area contributed by atoms with Gasteiger partial charge in [0.05, 0.1) is 18.1 Å². The molecule has 0 atom stereocenters. The van der Waals surface area contributed by atoms with Crippen molar-refractivity contribution in [1.29, 1.82) is 0 Å². The molecule has 0 saturated heterocycles. The summed E-state index contributed by atoms with van der Waals surface area (Å²) < 4.78 is 14.7. The van der Waals surface area contributed by atoms with Gasteiger partial charge < -0.3 is 15.1 Å². The summed E-state index contributed by atoms with van der Waals surface area (Å²) in [5, 5.41) is 19.2. The van der Waals surface area contributed by atoms with Crippen LogP contribution in [0.3, 0.4) is 0 Å². The van der Waals surface area contributed by atoms with Crippen molar-refractivity contribution in [3.8, 4) is 0 Å². The lowest BCUT2D eigenvalue weighted by molar-refractivity contribution is 0.0368. The van der Waals surface area contributed by atoms with Crippen molar-refractivity contribution in [3.05, 3.63) is 34.5 Å². The van der Waals surface area contributed by atoms with E-state index in [-0.39, 0.29) is 31.5 Å². The summed E-state index contributed by atoms with van der Waals surface area (Å²) in [5.41, 5.74) is -0.134. The molecule has 0 spiro atoms. The average molecular weight is 325 g/mol. The van der Waals surface area contributed by atoms with Gasteiger partial charge in [-0.3, -0.25) is 4.79 Å². The van der Waals surface area contributed by atoms with Gasteiger partial charge in [0.15, 0.2) is 0 Å². The Balaban J connectivity index is 2.34. The highest BCUT2D eigenvalue weighted by Gasteiger charge is 2.28. The first-order valence-electron chi connectivity index (χ1n) is 6.98. The van der Waals surface area contributed by atoms with E-state index < -0.39 is 5.41 Å². The summed E-state index contributed by atoms with van der Waals surface area (Å²) in [7, 11) is 1.62. The molecule has 0 aliphatic heterocycles. The Morgan fingerprint density at radius 1 is 1.36 bits per heavy atom. The third kappa shape index (κ3) is 2.99. The van der Waals surface area contributed by atoms with Gasteiger partial charge in [0.2, 0.25) is 0 Å². The Morgan fingerprint density at radius 2 is 2.00 bits per heavy atom. The highest BCUT2D eigenvalue weighted by Crippen LogP contribution is 2.33. The first kappa shape index (κ1) is 16.9. The van der Waals surface area contributed by atoms with E-state index >= 15 is 0 Å². The van der Waals surface area contributed by atoms with Gasteiger partial charge in [0, 0.05) is 29.1 Å². The fraction of sp³-hybridized carbons (Fsp3) is 0.438. The number of nitrogens with zero attached hydrogens (tertiary/aromatic N) is 1. The zero-order valence-corrected chi connectivity index (χ0v) is 13.7. The molecule has 2 N–H and O–H groups in total. The molecule has 0 unspecified atom stereocenters. The van der Waals surface area contributed by atoms with Gasteiger partial charge in [-0.1, -0.05) is 13.0 Å². The van der Waals surface area contributed by atoms with E-state index in [1.54, 1.807) is 33.0 Å². The van der Waals surface area contributed by atoms with Crippen LogP contribution < -0.4 is 0 Å². The highest BCUT2D eigenvalue weighted by molar-refractivity contribution is 7.21. The summed E-state index contributed by atoms with van der Waals surface area (Å²) in [6.07, 6.45) is 0. The topological polar surface area (TPSA) is 60.8 Å². The number of aryl methyl sites for hydroxylation is 1. The van der Waals surface area contributed by atoms with Crippen LogP contribution in [-0.2, 0) is 0 Å². The van der Waals surface area contributed by atoms with Gasteiger partial charge in [0.25, 0.3) is 5.91 Å². The fourth-order valence-corrected chi connectivity index (χ4v) is 3.64. The number of hydrogen-bond acceptors (Lipinski definition) is 4. The molecule has 1 aromatic heterocycles. The maximum absolute atomic E-state index is 13.9. The predicted octanol–water partition coefficient (Wildman–Crippen LogP) is 2.41. The number of rotatable bonds is 5. The lowest BCUT2D eigenvalue weighted by Crippen LogP contribution is -2.41. The minimum absolute atomic E-state index is 0.217. The smallest absolute Gasteiger partial charge is 0.264 e. The zero-order chi connectivity index (χ0) is 16.5.